The highest BCUT2D eigenvalue weighted by atomic mass is 16.6. The number of ether oxygens (including phenoxy) is 3. The number of hydrazine groups is 1. The van der Waals surface area contributed by atoms with Gasteiger partial charge >= 0.3 is 6.09 Å². The van der Waals surface area contributed by atoms with Crippen LogP contribution in [0.5, 0.6) is 11.5 Å². The van der Waals surface area contributed by atoms with Crippen molar-refractivity contribution in [3.8, 4) is 11.5 Å². The molecular weight excluding hydrogens is 422 g/mol. The molecule has 1 heterocycles. The number of pyridine rings is 1. The summed E-state index contributed by atoms with van der Waals surface area (Å²) in [6.07, 6.45) is 0.650. The Balaban J connectivity index is 1.78. The molecule has 0 radical (unpaired) electrons. The Morgan fingerprint density at radius 3 is 1.97 bits per heavy atom. The van der Waals surface area contributed by atoms with E-state index >= 15 is 0 Å². The fraction of sp³-hybridized carbons (Fsp3) is 0.240. The third kappa shape index (κ3) is 7.53. The first-order valence-corrected chi connectivity index (χ1v) is 10.4. The van der Waals surface area contributed by atoms with Gasteiger partial charge in [-0.25, -0.2) is 15.2 Å². The van der Waals surface area contributed by atoms with Gasteiger partial charge < -0.3 is 14.2 Å². The van der Waals surface area contributed by atoms with Gasteiger partial charge in [0.1, 0.15) is 18.8 Å². The Labute approximate surface area is 192 Å². The molecule has 3 aromatic rings. The molecule has 0 fully saturated rings. The van der Waals surface area contributed by atoms with Crippen LogP contribution in [0.2, 0.25) is 0 Å². The maximum Gasteiger partial charge on any atom is 0.426 e. The first-order valence-electron chi connectivity index (χ1n) is 10.4. The molecule has 0 unspecified atom stereocenters. The van der Waals surface area contributed by atoms with Crippen LogP contribution in [0.25, 0.3) is 0 Å². The van der Waals surface area contributed by atoms with E-state index in [4.69, 9.17) is 14.2 Å². The number of rotatable bonds is 7. The van der Waals surface area contributed by atoms with Crippen molar-refractivity contribution in [2.45, 2.75) is 39.6 Å². The fourth-order valence-corrected chi connectivity index (χ4v) is 2.78. The van der Waals surface area contributed by atoms with Gasteiger partial charge in [0.25, 0.3) is 5.91 Å². The number of carbonyl (C=O) groups excluding carboxylic acids is 2. The second kappa shape index (κ2) is 11.0. The first kappa shape index (κ1) is 23.6. The lowest BCUT2D eigenvalue weighted by Gasteiger charge is -2.20. The van der Waals surface area contributed by atoms with E-state index in [0.717, 1.165) is 11.1 Å². The van der Waals surface area contributed by atoms with E-state index in [-0.39, 0.29) is 24.7 Å². The lowest BCUT2D eigenvalue weighted by atomic mass is 10.2. The summed E-state index contributed by atoms with van der Waals surface area (Å²) in [6, 6.07) is 20.8. The summed E-state index contributed by atoms with van der Waals surface area (Å²) in [5, 5.41) is 0. The molecule has 3 rings (SSSR count). The second-order valence-electron chi connectivity index (χ2n) is 8.12. The summed E-state index contributed by atoms with van der Waals surface area (Å²) >= 11 is 0. The molecule has 0 aliphatic rings. The minimum atomic E-state index is -0.793. The predicted octanol–water partition coefficient (Wildman–Crippen LogP) is 4.41. The molecule has 0 saturated heterocycles. The quantitative estimate of drug-likeness (QED) is 0.519. The van der Waals surface area contributed by atoms with Gasteiger partial charge in [-0.05, 0) is 31.9 Å². The number of nitrogens with zero attached hydrogens (tertiary/aromatic N) is 1. The molecule has 0 saturated carbocycles. The minimum absolute atomic E-state index is 0.0347. The van der Waals surface area contributed by atoms with E-state index in [1.807, 2.05) is 60.7 Å². The van der Waals surface area contributed by atoms with Crippen molar-refractivity contribution >= 4 is 12.0 Å². The van der Waals surface area contributed by atoms with Crippen molar-refractivity contribution < 1.29 is 23.8 Å². The van der Waals surface area contributed by atoms with Gasteiger partial charge in [-0.15, -0.1) is 0 Å². The second-order valence-corrected chi connectivity index (χ2v) is 8.12. The van der Waals surface area contributed by atoms with Crippen LogP contribution in [0.15, 0.2) is 72.9 Å². The maximum absolute atomic E-state index is 12.8. The molecule has 2 amide bonds. The predicted molar refractivity (Wildman–Crippen MR) is 123 cm³/mol. The zero-order valence-electron chi connectivity index (χ0n) is 18.8. The van der Waals surface area contributed by atoms with Crippen molar-refractivity contribution in [2.24, 2.45) is 0 Å². The number of hydrogen-bond donors (Lipinski definition) is 2. The zero-order chi connectivity index (χ0) is 23.7. The highest BCUT2D eigenvalue weighted by Crippen LogP contribution is 2.31. The monoisotopic (exact) mass is 449 g/mol. The summed E-state index contributed by atoms with van der Waals surface area (Å²) < 4.78 is 17.0. The summed E-state index contributed by atoms with van der Waals surface area (Å²) in [7, 11) is 0. The van der Waals surface area contributed by atoms with E-state index in [2.05, 4.69) is 15.8 Å². The number of amides is 2. The molecule has 8 nitrogen and oxygen atoms in total. The average molecular weight is 450 g/mol. The van der Waals surface area contributed by atoms with Gasteiger partial charge in [0, 0.05) is 12.3 Å². The first-order chi connectivity index (χ1) is 15.8. The van der Waals surface area contributed by atoms with Crippen molar-refractivity contribution in [2.75, 3.05) is 0 Å². The standard InChI is InChI=1S/C25H27N3O5/c1-25(2,3)33-24(30)28-27-23(29)21-22(32-17-19-12-8-5-9-13-19)20(14-15-26-21)31-16-18-10-6-4-7-11-18/h4-15H,16-17H2,1-3H3,(H,27,29)(H,28,30). The lowest BCUT2D eigenvalue weighted by molar-refractivity contribution is 0.0482. The number of aromatic nitrogens is 1. The molecule has 172 valence electrons. The molecule has 0 atom stereocenters. The minimum Gasteiger partial charge on any atom is -0.485 e. The van der Waals surface area contributed by atoms with Gasteiger partial charge in [0.15, 0.2) is 17.2 Å². The highest BCUT2D eigenvalue weighted by molar-refractivity contribution is 5.96. The molecule has 0 bridgehead atoms. The topological polar surface area (TPSA) is 98.8 Å². The van der Waals surface area contributed by atoms with Gasteiger partial charge in [-0.1, -0.05) is 60.7 Å². The molecule has 2 aromatic carbocycles. The van der Waals surface area contributed by atoms with Crippen LogP contribution >= 0.6 is 0 Å². The molecule has 2 N–H and O–H groups in total. The van der Waals surface area contributed by atoms with Crippen molar-refractivity contribution in [3.63, 3.8) is 0 Å². The summed E-state index contributed by atoms with van der Waals surface area (Å²) in [5.74, 6) is -0.151. The van der Waals surface area contributed by atoms with Crippen LogP contribution in [0.1, 0.15) is 42.4 Å². The van der Waals surface area contributed by atoms with E-state index in [1.165, 1.54) is 6.20 Å². The summed E-state index contributed by atoms with van der Waals surface area (Å²) in [4.78, 5) is 28.8. The fourth-order valence-electron chi connectivity index (χ4n) is 2.78. The summed E-state index contributed by atoms with van der Waals surface area (Å²) in [6.45, 7) is 5.65. The van der Waals surface area contributed by atoms with Crippen LogP contribution in [-0.2, 0) is 18.0 Å². The van der Waals surface area contributed by atoms with E-state index in [9.17, 15) is 9.59 Å². The van der Waals surface area contributed by atoms with Gasteiger partial charge in [0.2, 0.25) is 0 Å². The molecule has 1 aromatic heterocycles. The molecular formula is C25H27N3O5. The third-order valence-electron chi connectivity index (χ3n) is 4.22. The van der Waals surface area contributed by atoms with Gasteiger partial charge in [0.05, 0.1) is 0 Å². The SMILES string of the molecule is CC(C)(C)OC(=O)NNC(=O)c1nccc(OCc2ccccc2)c1OCc1ccccc1. The summed E-state index contributed by atoms with van der Waals surface area (Å²) in [5.41, 5.74) is 5.65. The molecule has 8 heteroatoms. The smallest absolute Gasteiger partial charge is 0.426 e. The number of hydrogen-bond acceptors (Lipinski definition) is 6. The normalized spacial score (nSPS) is 10.8. The lowest BCUT2D eigenvalue weighted by Crippen LogP contribution is -2.44. The van der Waals surface area contributed by atoms with E-state index in [1.54, 1.807) is 26.8 Å². The Hall–Kier alpha value is -4.07. The Morgan fingerprint density at radius 1 is 0.818 bits per heavy atom. The van der Waals surface area contributed by atoms with E-state index in [0.29, 0.717) is 5.75 Å². The largest absolute Gasteiger partial charge is 0.485 e. The van der Waals surface area contributed by atoms with Crippen LogP contribution in [0, 0.1) is 0 Å². The van der Waals surface area contributed by atoms with Crippen LogP contribution < -0.4 is 20.3 Å². The Morgan fingerprint density at radius 2 is 1.39 bits per heavy atom. The van der Waals surface area contributed by atoms with Gasteiger partial charge in [-0.2, -0.15) is 0 Å². The van der Waals surface area contributed by atoms with Crippen LogP contribution in [0.3, 0.4) is 0 Å². The van der Waals surface area contributed by atoms with Crippen LogP contribution in [-0.4, -0.2) is 22.6 Å². The Bertz CT molecular complexity index is 1070. The third-order valence-corrected chi connectivity index (χ3v) is 4.22. The molecule has 33 heavy (non-hydrogen) atoms. The Kier molecular flexibility index (Phi) is 7.86. The average Bonchev–Trinajstić information content (AvgIpc) is 2.80. The molecule has 0 spiro atoms. The van der Waals surface area contributed by atoms with E-state index < -0.39 is 17.6 Å². The number of nitrogens with one attached hydrogen (secondary N) is 2. The molecule has 0 aliphatic carbocycles. The number of carbonyl (C=O) groups is 2. The maximum atomic E-state index is 12.8. The van der Waals surface area contributed by atoms with Crippen LogP contribution in [0.4, 0.5) is 4.79 Å². The molecule has 0 aliphatic heterocycles. The zero-order valence-corrected chi connectivity index (χ0v) is 18.8. The highest BCUT2D eigenvalue weighted by Gasteiger charge is 2.22. The number of benzene rings is 2. The van der Waals surface area contributed by atoms with Crippen molar-refractivity contribution in [1.82, 2.24) is 15.8 Å². The van der Waals surface area contributed by atoms with Gasteiger partial charge in [-0.3, -0.25) is 10.2 Å². The van der Waals surface area contributed by atoms with Crippen molar-refractivity contribution in [1.29, 1.82) is 0 Å². The van der Waals surface area contributed by atoms with Crippen molar-refractivity contribution in [3.05, 3.63) is 89.7 Å².